The van der Waals surface area contributed by atoms with Crippen LogP contribution in [-0.2, 0) is 19.6 Å². The van der Waals surface area contributed by atoms with Crippen molar-refractivity contribution in [3.63, 3.8) is 0 Å². The first-order valence-corrected chi connectivity index (χ1v) is 6.68. The van der Waals surface area contributed by atoms with Crippen LogP contribution in [0, 0.1) is 0 Å². The molecular weight excluding hydrogens is 244 g/mol. The van der Waals surface area contributed by atoms with Gasteiger partial charge in [-0.25, -0.2) is 9.36 Å². The number of tetrazole rings is 1. The molecule has 2 rings (SSSR count). The van der Waals surface area contributed by atoms with Crippen molar-refractivity contribution < 1.29 is 0 Å². The van der Waals surface area contributed by atoms with Gasteiger partial charge in [-0.2, -0.15) is 0 Å². The summed E-state index contributed by atoms with van der Waals surface area (Å²) in [7, 11) is 0. The van der Waals surface area contributed by atoms with Crippen molar-refractivity contribution in [1.29, 1.82) is 0 Å². The number of hydrogen-bond donors (Lipinski definition) is 1. The Labute approximate surface area is 112 Å². The number of rotatable bonds is 8. The highest BCUT2D eigenvalue weighted by Crippen LogP contribution is 1.99. The average molecular weight is 264 g/mol. The number of hydrogen-bond acceptors (Lipinski definition) is 6. The van der Waals surface area contributed by atoms with Gasteiger partial charge < -0.3 is 5.32 Å². The van der Waals surface area contributed by atoms with Crippen LogP contribution < -0.4 is 5.32 Å². The van der Waals surface area contributed by atoms with E-state index in [4.69, 9.17) is 0 Å². The molecule has 2 aromatic rings. The summed E-state index contributed by atoms with van der Waals surface area (Å²) in [6.45, 7) is 7.33. The lowest BCUT2D eigenvalue weighted by Gasteiger charge is -2.01. The second kappa shape index (κ2) is 6.93. The molecule has 0 bridgehead atoms. The average Bonchev–Trinajstić information content (AvgIpc) is 3.02. The predicted octanol–water partition coefficient (Wildman–Crippen LogP) is 0.222. The second-order valence-corrected chi connectivity index (χ2v) is 4.40. The van der Waals surface area contributed by atoms with Gasteiger partial charge in [0, 0.05) is 13.1 Å². The Morgan fingerprint density at radius 2 is 2.05 bits per heavy atom. The summed E-state index contributed by atoms with van der Waals surface area (Å²) in [5.74, 6) is 0.805. The Balaban J connectivity index is 1.93. The Morgan fingerprint density at radius 1 is 1.16 bits per heavy atom. The first-order valence-electron chi connectivity index (χ1n) is 6.68. The third-order valence-corrected chi connectivity index (χ3v) is 2.66. The molecule has 104 valence electrons. The number of nitrogens with zero attached hydrogens (tertiary/aromatic N) is 7. The molecule has 8 nitrogen and oxygen atoms in total. The van der Waals surface area contributed by atoms with Crippen LogP contribution in [0.25, 0.3) is 0 Å². The van der Waals surface area contributed by atoms with E-state index in [2.05, 4.69) is 45.0 Å². The van der Waals surface area contributed by atoms with Crippen LogP contribution in [0.15, 0.2) is 6.20 Å². The van der Waals surface area contributed by atoms with Crippen molar-refractivity contribution >= 4 is 0 Å². The van der Waals surface area contributed by atoms with E-state index in [1.54, 1.807) is 9.36 Å². The molecule has 8 heteroatoms. The van der Waals surface area contributed by atoms with E-state index in [1.807, 2.05) is 6.20 Å². The highest BCUT2D eigenvalue weighted by Gasteiger charge is 2.07. The van der Waals surface area contributed by atoms with Crippen LogP contribution in [0.1, 0.15) is 38.2 Å². The van der Waals surface area contributed by atoms with Gasteiger partial charge in [0.15, 0.2) is 5.82 Å². The van der Waals surface area contributed by atoms with Gasteiger partial charge in [0.05, 0.1) is 11.9 Å². The molecule has 0 radical (unpaired) electrons. The SMILES string of the molecule is CCCNCc1cn(Cc2nnnn2CCC)nn1. The highest BCUT2D eigenvalue weighted by molar-refractivity contribution is 4.93. The topological polar surface area (TPSA) is 86.3 Å². The van der Waals surface area contributed by atoms with Crippen molar-refractivity contribution in [2.24, 2.45) is 0 Å². The molecule has 19 heavy (non-hydrogen) atoms. The fourth-order valence-corrected chi connectivity index (χ4v) is 1.76. The van der Waals surface area contributed by atoms with Crippen LogP contribution in [0.5, 0.6) is 0 Å². The summed E-state index contributed by atoms with van der Waals surface area (Å²) in [6.07, 6.45) is 4.04. The molecule has 0 aliphatic heterocycles. The number of nitrogens with one attached hydrogen (secondary N) is 1. The zero-order valence-electron chi connectivity index (χ0n) is 11.5. The minimum absolute atomic E-state index is 0.549. The third kappa shape index (κ3) is 3.82. The molecule has 0 amide bonds. The summed E-state index contributed by atoms with van der Waals surface area (Å²) in [5.41, 5.74) is 0.933. The van der Waals surface area contributed by atoms with Gasteiger partial charge in [-0.05, 0) is 29.8 Å². The molecule has 2 aromatic heterocycles. The maximum Gasteiger partial charge on any atom is 0.172 e. The van der Waals surface area contributed by atoms with Crippen molar-refractivity contribution in [3.05, 3.63) is 17.7 Å². The molecule has 0 aliphatic rings. The molecular formula is C11H20N8. The lowest BCUT2D eigenvalue weighted by atomic mass is 10.4. The first kappa shape index (κ1) is 13.6. The Morgan fingerprint density at radius 3 is 2.84 bits per heavy atom. The van der Waals surface area contributed by atoms with E-state index in [1.165, 1.54) is 0 Å². The standard InChI is InChI=1S/C11H20N8/c1-3-5-12-7-10-8-18(16-13-10)9-11-14-15-17-19(11)6-4-2/h8,12H,3-7,9H2,1-2H3. The van der Waals surface area contributed by atoms with E-state index in [9.17, 15) is 0 Å². The fourth-order valence-electron chi connectivity index (χ4n) is 1.76. The van der Waals surface area contributed by atoms with Crippen LogP contribution in [0.3, 0.4) is 0 Å². The summed E-state index contributed by atoms with van der Waals surface area (Å²) >= 11 is 0. The Bertz CT molecular complexity index is 488. The van der Waals surface area contributed by atoms with Gasteiger partial charge in [0.25, 0.3) is 0 Å². The smallest absolute Gasteiger partial charge is 0.172 e. The normalized spacial score (nSPS) is 11.1. The predicted molar refractivity (Wildman–Crippen MR) is 69.2 cm³/mol. The van der Waals surface area contributed by atoms with Crippen LogP contribution in [0.4, 0.5) is 0 Å². The van der Waals surface area contributed by atoms with Gasteiger partial charge in [-0.3, -0.25) is 0 Å². The van der Waals surface area contributed by atoms with Gasteiger partial charge in [-0.15, -0.1) is 10.2 Å². The summed E-state index contributed by atoms with van der Waals surface area (Å²) in [4.78, 5) is 0. The maximum atomic E-state index is 4.12. The maximum absolute atomic E-state index is 4.12. The van der Waals surface area contributed by atoms with E-state index in [0.29, 0.717) is 6.54 Å². The summed E-state index contributed by atoms with van der Waals surface area (Å²) in [6, 6.07) is 0. The van der Waals surface area contributed by atoms with Gasteiger partial charge in [0.2, 0.25) is 0 Å². The molecule has 0 unspecified atom stereocenters. The molecule has 0 aromatic carbocycles. The second-order valence-electron chi connectivity index (χ2n) is 4.40. The third-order valence-electron chi connectivity index (χ3n) is 2.66. The van der Waals surface area contributed by atoms with E-state index in [-0.39, 0.29) is 0 Å². The molecule has 0 aliphatic carbocycles. The monoisotopic (exact) mass is 264 g/mol. The quantitative estimate of drug-likeness (QED) is 0.686. The summed E-state index contributed by atoms with van der Waals surface area (Å²) in [5, 5.41) is 23.2. The fraction of sp³-hybridized carbons (Fsp3) is 0.727. The Hall–Kier alpha value is -1.83. The minimum Gasteiger partial charge on any atom is -0.311 e. The van der Waals surface area contributed by atoms with Crippen molar-refractivity contribution in [2.45, 2.75) is 46.3 Å². The lowest BCUT2D eigenvalue weighted by molar-refractivity contribution is 0.526. The molecule has 2 heterocycles. The van der Waals surface area contributed by atoms with Crippen LogP contribution in [-0.4, -0.2) is 41.7 Å². The van der Waals surface area contributed by atoms with Crippen LogP contribution in [0.2, 0.25) is 0 Å². The van der Waals surface area contributed by atoms with E-state index < -0.39 is 0 Å². The van der Waals surface area contributed by atoms with Crippen molar-refractivity contribution in [1.82, 2.24) is 40.5 Å². The largest absolute Gasteiger partial charge is 0.311 e. The zero-order chi connectivity index (χ0) is 13.5. The lowest BCUT2D eigenvalue weighted by Crippen LogP contribution is -2.14. The molecule has 1 N–H and O–H groups in total. The zero-order valence-corrected chi connectivity index (χ0v) is 11.5. The number of aromatic nitrogens is 7. The molecule has 0 atom stereocenters. The number of aryl methyl sites for hydroxylation is 1. The van der Waals surface area contributed by atoms with Crippen molar-refractivity contribution in [3.8, 4) is 0 Å². The minimum atomic E-state index is 0.549. The Kier molecular flexibility index (Phi) is 4.96. The molecule has 0 saturated carbocycles. The molecule has 0 spiro atoms. The molecule has 0 saturated heterocycles. The van der Waals surface area contributed by atoms with Gasteiger partial charge in [0.1, 0.15) is 6.54 Å². The van der Waals surface area contributed by atoms with Crippen molar-refractivity contribution in [2.75, 3.05) is 6.54 Å². The van der Waals surface area contributed by atoms with Gasteiger partial charge >= 0.3 is 0 Å². The van der Waals surface area contributed by atoms with Crippen LogP contribution >= 0.6 is 0 Å². The summed E-state index contributed by atoms with van der Waals surface area (Å²) < 4.78 is 3.57. The van der Waals surface area contributed by atoms with Gasteiger partial charge in [-0.1, -0.05) is 19.1 Å². The molecule has 0 fully saturated rings. The highest BCUT2D eigenvalue weighted by atomic mass is 15.6. The van der Waals surface area contributed by atoms with E-state index in [0.717, 1.165) is 44.0 Å². The first-order chi connectivity index (χ1) is 9.33. The van der Waals surface area contributed by atoms with E-state index >= 15 is 0 Å².